The van der Waals surface area contributed by atoms with Gasteiger partial charge in [-0.25, -0.2) is 8.78 Å². The Kier molecular flexibility index (Phi) is 3.45. The van der Waals surface area contributed by atoms with Gasteiger partial charge in [0.2, 0.25) is 0 Å². The van der Waals surface area contributed by atoms with Gasteiger partial charge < -0.3 is 10.5 Å². The van der Waals surface area contributed by atoms with Crippen LogP contribution in [0.2, 0.25) is 0 Å². The molecule has 0 spiro atoms. The molecule has 2 N–H and O–H groups in total. The number of benzene rings is 1. The van der Waals surface area contributed by atoms with Crippen molar-refractivity contribution < 1.29 is 13.5 Å². The van der Waals surface area contributed by atoms with E-state index in [2.05, 4.69) is 0 Å². The maximum atomic E-state index is 13.2. The summed E-state index contributed by atoms with van der Waals surface area (Å²) in [6.45, 7) is 0. The summed E-state index contributed by atoms with van der Waals surface area (Å²) in [4.78, 5) is 0. The Bertz CT molecular complexity index is 382. The van der Waals surface area contributed by atoms with E-state index in [9.17, 15) is 8.78 Å². The second-order valence-corrected chi connectivity index (χ2v) is 4.66. The molecular weight excluding hydrogens is 224 g/mol. The minimum absolute atomic E-state index is 0.464. The zero-order chi connectivity index (χ0) is 12.5. The molecule has 0 heterocycles. The molecule has 17 heavy (non-hydrogen) atoms. The van der Waals surface area contributed by atoms with Crippen molar-refractivity contribution in [2.24, 2.45) is 5.73 Å². The first-order valence-electron chi connectivity index (χ1n) is 5.84. The first-order valence-corrected chi connectivity index (χ1v) is 5.84. The van der Waals surface area contributed by atoms with E-state index in [-0.39, 0.29) is 0 Å². The molecule has 1 atom stereocenters. The molecule has 94 valence electrons. The normalized spacial score (nSPS) is 20.5. The van der Waals surface area contributed by atoms with Crippen LogP contribution in [0, 0.1) is 11.6 Å². The quantitative estimate of drug-likeness (QED) is 0.883. The predicted octanol–water partition coefficient (Wildman–Crippen LogP) is 2.92. The van der Waals surface area contributed by atoms with E-state index in [0.717, 1.165) is 31.7 Å². The predicted molar refractivity (Wildman–Crippen MR) is 61.5 cm³/mol. The highest BCUT2D eigenvalue weighted by atomic mass is 19.1. The van der Waals surface area contributed by atoms with E-state index in [0.29, 0.717) is 5.56 Å². The van der Waals surface area contributed by atoms with Gasteiger partial charge in [0.05, 0.1) is 11.6 Å². The third-order valence-electron chi connectivity index (χ3n) is 3.67. The van der Waals surface area contributed by atoms with E-state index in [1.165, 1.54) is 12.1 Å². The van der Waals surface area contributed by atoms with Gasteiger partial charge in [-0.1, -0.05) is 12.8 Å². The standard InChI is InChI=1S/C13H17F2NO/c1-17-13(4-2-3-5-13)12(16)9-6-10(14)8-11(15)7-9/h6-8,12H,2-5,16H2,1H3. The van der Waals surface area contributed by atoms with Crippen molar-refractivity contribution in [1.29, 1.82) is 0 Å². The monoisotopic (exact) mass is 241 g/mol. The molecule has 1 fully saturated rings. The topological polar surface area (TPSA) is 35.2 Å². The fourth-order valence-corrected chi connectivity index (χ4v) is 2.67. The van der Waals surface area contributed by atoms with E-state index < -0.39 is 23.3 Å². The molecule has 1 aliphatic rings. The maximum Gasteiger partial charge on any atom is 0.126 e. The summed E-state index contributed by atoms with van der Waals surface area (Å²) in [7, 11) is 1.61. The van der Waals surface area contributed by atoms with Gasteiger partial charge in [-0.05, 0) is 30.5 Å². The summed E-state index contributed by atoms with van der Waals surface area (Å²) in [5.74, 6) is -1.19. The van der Waals surface area contributed by atoms with Crippen LogP contribution in [0.3, 0.4) is 0 Å². The van der Waals surface area contributed by atoms with Crippen LogP contribution in [0.1, 0.15) is 37.3 Å². The molecule has 2 nitrogen and oxygen atoms in total. The average Bonchev–Trinajstić information content (AvgIpc) is 2.76. The minimum Gasteiger partial charge on any atom is -0.376 e. The van der Waals surface area contributed by atoms with Crippen LogP contribution in [0.15, 0.2) is 18.2 Å². The van der Waals surface area contributed by atoms with Crippen LogP contribution in [-0.4, -0.2) is 12.7 Å². The second kappa shape index (κ2) is 4.70. The van der Waals surface area contributed by atoms with Gasteiger partial charge in [0, 0.05) is 13.2 Å². The maximum absolute atomic E-state index is 13.2. The number of ether oxygens (including phenoxy) is 1. The Hall–Kier alpha value is -1.00. The van der Waals surface area contributed by atoms with Crippen molar-refractivity contribution in [3.63, 3.8) is 0 Å². The fraction of sp³-hybridized carbons (Fsp3) is 0.538. The number of rotatable bonds is 3. The van der Waals surface area contributed by atoms with E-state index >= 15 is 0 Å². The molecular formula is C13H17F2NO. The van der Waals surface area contributed by atoms with Gasteiger partial charge in [-0.2, -0.15) is 0 Å². The minimum atomic E-state index is -0.597. The van der Waals surface area contributed by atoms with Crippen LogP contribution in [0.5, 0.6) is 0 Å². The summed E-state index contributed by atoms with van der Waals surface area (Å²) >= 11 is 0. The number of hydrogen-bond acceptors (Lipinski definition) is 2. The molecule has 2 rings (SSSR count). The highest BCUT2D eigenvalue weighted by Crippen LogP contribution is 2.41. The third kappa shape index (κ3) is 2.33. The molecule has 1 aromatic rings. The van der Waals surface area contributed by atoms with Crippen molar-refractivity contribution in [1.82, 2.24) is 0 Å². The average molecular weight is 241 g/mol. The van der Waals surface area contributed by atoms with E-state index in [1.54, 1.807) is 7.11 Å². The van der Waals surface area contributed by atoms with Crippen LogP contribution in [0.4, 0.5) is 8.78 Å². The lowest BCUT2D eigenvalue weighted by atomic mass is 9.87. The molecule has 1 unspecified atom stereocenters. The van der Waals surface area contributed by atoms with Gasteiger partial charge in [-0.15, -0.1) is 0 Å². The lowest BCUT2D eigenvalue weighted by Gasteiger charge is -2.34. The molecule has 0 aromatic heterocycles. The van der Waals surface area contributed by atoms with Crippen LogP contribution in [-0.2, 0) is 4.74 Å². The number of halogens is 2. The van der Waals surface area contributed by atoms with Crippen molar-refractivity contribution >= 4 is 0 Å². The van der Waals surface area contributed by atoms with Gasteiger partial charge in [0.1, 0.15) is 11.6 Å². The molecule has 0 amide bonds. The summed E-state index contributed by atoms with van der Waals surface area (Å²) in [6.07, 6.45) is 3.75. The Morgan fingerprint density at radius 2 is 1.71 bits per heavy atom. The molecule has 0 radical (unpaired) electrons. The second-order valence-electron chi connectivity index (χ2n) is 4.66. The molecule has 1 aromatic carbocycles. The van der Waals surface area contributed by atoms with Crippen molar-refractivity contribution in [2.45, 2.75) is 37.3 Å². The zero-order valence-corrected chi connectivity index (χ0v) is 9.88. The summed E-state index contributed by atoms with van der Waals surface area (Å²) in [5.41, 5.74) is 6.12. The lowest BCUT2D eigenvalue weighted by Crippen LogP contribution is -2.40. The van der Waals surface area contributed by atoms with Gasteiger partial charge in [0.25, 0.3) is 0 Å². The Balaban J connectivity index is 2.32. The van der Waals surface area contributed by atoms with E-state index in [4.69, 9.17) is 10.5 Å². The number of hydrogen-bond donors (Lipinski definition) is 1. The van der Waals surface area contributed by atoms with Gasteiger partial charge in [-0.3, -0.25) is 0 Å². The Morgan fingerprint density at radius 1 is 1.18 bits per heavy atom. The number of nitrogens with two attached hydrogens (primary N) is 1. The highest BCUT2D eigenvalue weighted by Gasteiger charge is 2.40. The zero-order valence-electron chi connectivity index (χ0n) is 9.88. The molecule has 1 aliphatic carbocycles. The lowest BCUT2D eigenvalue weighted by molar-refractivity contribution is -0.0265. The third-order valence-corrected chi connectivity index (χ3v) is 3.67. The molecule has 1 saturated carbocycles. The fourth-order valence-electron chi connectivity index (χ4n) is 2.67. The van der Waals surface area contributed by atoms with Crippen LogP contribution >= 0.6 is 0 Å². The first-order chi connectivity index (χ1) is 8.07. The first kappa shape index (κ1) is 12.5. The van der Waals surface area contributed by atoms with Crippen LogP contribution < -0.4 is 5.73 Å². The Labute approximate surface area is 99.8 Å². The SMILES string of the molecule is COC1(C(N)c2cc(F)cc(F)c2)CCCC1. The summed E-state index contributed by atoms with van der Waals surface area (Å²) in [6, 6.07) is 2.93. The Morgan fingerprint density at radius 3 is 2.18 bits per heavy atom. The van der Waals surface area contributed by atoms with Gasteiger partial charge in [0.15, 0.2) is 0 Å². The molecule has 0 aliphatic heterocycles. The highest BCUT2D eigenvalue weighted by molar-refractivity contribution is 5.24. The van der Waals surface area contributed by atoms with Crippen molar-refractivity contribution in [2.75, 3.05) is 7.11 Å². The summed E-state index contributed by atoms with van der Waals surface area (Å²) in [5, 5.41) is 0. The smallest absolute Gasteiger partial charge is 0.126 e. The molecule has 0 saturated heterocycles. The molecule has 0 bridgehead atoms. The summed E-state index contributed by atoms with van der Waals surface area (Å²) < 4.78 is 31.9. The van der Waals surface area contributed by atoms with Crippen molar-refractivity contribution in [3.05, 3.63) is 35.4 Å². The van der Waals surface area contributed by atoms with Gasteiger partial charge >= 0.3 is 0 Å². The van der Waals surface area contributed by atoms with Crippen LogP contribution in [0.25, 0.3) is 0 Å². The number of methoxy groups -OCH3 is 1. The van der Waals surface area contributed by atoms with E-state index in [1.807, 2.05) is 0 Å². The molecule has 4 heteroatoms. The largest absolute Gasteiger partial charge is 0.376 e. The van der Waals surface area contributed by atoms with Crippen molar-refractivity contribution in [3.8, 4) is 0 Å².